The standard InChI is InChI=1S/C16H27ClN2O2/c1-5-12-8-14(17)16(21-4)15(9-12)19(7-3)11-18-10-13(20)6-2/h8-9,13,18,20H,5-7,10-11H2,1-4H3. The average molecular weight is 315 g/mol. The first kappa shape index (κ1) is 18.1. The lowest BCUT2D eigenvalue weighted by atomic mass is 10.1. The summed E-state index contributed by atoms with van der Waals surface area (Å²) < 4.78 is 5.46. The van der Waals surface area contributed by atoms with Crippen molar-refractivity contribution in [1.29, 1.82) is 0 Å². The Morgan fingerprint density at radius 1 is 1.33 bits per heavy atom. The van der Waals surface area contributed by atoms with Gasteiger partial charge < -0.3 is 14.7 Å². The van der Waals surface area contributed by atoms with Gasteiger partial charge in [-0.2, -0.15) is 0 Å². The van der Waals surface area contributed by atoms with E-state index in [0.717, 1.165) is 25.1 Å². The van der Waals surface area contributed by atoms with Gasteiger partial charge in [-0.1, -0.05) is 25.4 Å². The van der Waals surface area contributed by atoms with Gasteiger partial charge in [0.05, 0.1) is 30.6 Å². The zero-order valence-corrected chi connectivity index (χ0v) is 14.2. The third-order valence-electron chi connectivity index (χ3n) is 3.57. The van der Waals surface area contributed by atoms with Crippen LogP contribution in [-0.4, -0.2) is 38.1 Å². The Balaban J connectivity index is 2.90. The van der Waals surface area contributed by atoms with Gasteiger partial charge in [-0.05, 0) is 37.5 Å². The molecule has 0 spiro atoms. The van der Waals surface area contributed by atoms with Crippen LogP contribution in [0, 0.1) is 0 Å². The van der Waals surface area contributed by atoms with Crippen LogP contribution < -0.4 is 15.0 Å². The van der Waals surface area contributed by atoms with Crippen LogP contribution in [0.2, 0.25) is 5.02 Å². The number of rotatable bonds is 9. The fourth-order valence-corrected chi connectivity index (χ4v) is 2.47. The summed E-state index contributed by atoms with van der Waals surface area (Å²) in [7, 11) is 1.64. The number of nitrogens with zero attached hydrogens (tertiary/aromatic N) is 1. The Hall–Kier alpha value is -0.970. The maximum Gasteiger partial charge on any atom is 0.160 e. The molecule has 1 atom stereocenters. The first-order chi connectivity index (χ1) is 10.1. The predicted molar refractivity (Wildman–Crippen MR) is 89.6 cm³/mol. The van der Waals surface area contributed by atoms with Crippen LogP contribution in [0.3, 0.4) is 0 Å². The van der Waals surface area contributed by atoms with E-state index in [1.165, 1.54) is 5.56 Å². The molecule has 120 valence electrons. The highest BCUT2D eigenvalue weighted by atomic mass is 35.5. The highest BCUT2D eigenvalue weighted by molar-refractivity contribution is 6.32. The minimum atomic E-state index is -0.309. The molecule has 0 saturated heterocycles. The minimum absolute atomic E-state index is 0.309. The van der Waals surface area contributed by atoms with E-state index in [0.29, 0.717) is 24.0 Å². The van der Waals surface area contributed by atoms with Crippen LogP contribution >= 0.6 is 11.6 Å². The maximum atomic E-state index is 9.61. The largest absolute Gasteiger partial charge is 0.493 e. The van der Waals surface area contributed by atoms with Crippen molar-refractivity contribution in [1.82, 2.24) is 5.32 Å². The van der Waals surface area contributed by atoms with Gasteiger partial charge in [-0.15, -0.1) is 0 Å². The van der Waals surface area contributed by atoms with Crippen molar-refractivity contribution in [3.63, 3.8) is 0 Å². The van der Waals surface area contributed by atoms with Crippen molar-refractivity contribution in [3.05, 3.63) is 22.7 Å². The van der Waals surface area contributed by atoms with Gasteiger partial charge in [0.2, 0.25) is 0 Å². The van der Waals surface area contributed by atoms with Crippen LogP contribution in [0.25, 0.3) is 0 Å². The summed E-state index contributed by atoms with van der Waals surface area (Å²) in [4.78, 5) is 2.16. The zero-order valence-electron chi connectivity index (χ0n) is 13.4. The third-order valence-corrected chi connectivity index (χ3v) is 3.85. The van der Waals surface area contributed by atoms with Crippen molar-refractivity contribution in [2.45, 2.75) is 39.7 Å². The fourth-order valence-electron chi connectivity index (χ4n) is 2.15. The molecule has 0 saturated carbocycles. The summed E-state index contributed by atoms with van der Waals surface area (Å²) in [5, 5.41) is 13.5. The molecule has 0 aliphatic heterocycles. The number of anilines is 1. The minimum Gasteiger partial charge on any atom is -0.493 e. The van der Waals surface area contributed by atoms with Crippen molar-refractivity contribution >= 4 is 17.3 Å². The lowest BCUT2D eigenvalue weighted by Gasteiger charge is -2.27. The molecular weight excluding hydrogens is 288 g/mol. The second-order valence-electron chi connectivity index (χ2n) is 5.01. The van der Waals surface area contributed by atoms with Crippen molar-refractivity contribution in [2.75, 3.05) is 31.8 Å². The van der Waals surface area contributed by atoms with Gasteiger partial charge in [0.15, 0.2) is 5.75 Å². The molecule has 1 rings (SSSR count). The van der Waals surface area contributed by atoms with Crippen LogP contribution in [0.1, 0.15) is 32.8 Å². The van der Waals surface area contributed by atoms with Gasteiger partial charge in [-0.25, -0.2) is 0 Å². The van der Waals surface area contributed by atoms with E-state index in [4.69, 9.17) is 16.3 Å². The Morgan fingerprint density at radius 2 is 2.05 bits per heavy atom. The van der Waals surface area contributed by atoms with Gasteiger partial charge >= 0.3 is 0 Å². The summed E-state index contributed by atoms with van der Waals surface area (Å²) in [5.41, 5.74) is 2.17. The quantitative estimate of drug-likeness (QED) is 0.688. The Labute approximate surface area is 133 Å². The van der Waals surface area contributed by atoms with Crippen LogP contribution in [-0.2, 0) is 6.42 Å². The maximum absolute atomic E-state index is 9.61. The molecule has 1 aromatic rings. The van der Waals surface area contributed by atoms with Crippen LogP contribution in [0.5, 0.6) is 5.75 Å². The van der Waals surface area contributed by atoms with Gasteiger partial charge in [0.1, 0.15) is 0 Å². The SMILES string of the molecule is CCc1cc(Cl)c(OC)c(N(CC)CNCC(O)CC)c1. The first-order valence-electron chi connectivity index (χ1n) is 7.57. The number of halogens is 1. The highest BCUT2D eigenvalue weighted by Crippen LogP contribution is 2.36. The lowest BCUT2D eigenvalue weighted by molar-refractivity contribution is 0.167. The number of methoxy groups -OCH3 is 1. The summed E-state index contributed by atoms with van der Waals surface area (Å²) >= 11 is 6.31. The fraction of sp³-hybridized carbons (Fsp3) is 0.625. The van der Waals surface area contributed by atoms with Crippen molar-refractivity contribution < 1.29 is 9.84 Å². The number of benzene rings is 1. The smallest absolute Gasteiger partial charge is 0.160 e. The van der Waals surface area contributed by atoms with E-state index in [1.807, 2.05) is 13.0 Å². The zero-order chi connectivity index (χ0) is 15.8. The van der Waals surface area contributed by atoms with E-state index in [1.54, 1.807) is 7.11 Å². The Kier molecular flexibility index (Phi) is 7.86. The monoisotopic (exact) mass is 314 g/mol. The van der Waals surface area contributed by atoms with Gasteiger partial charge in [-0.3, -0.25) is 5.32 Å². The van der Waals surface area contributed by atoms with Crippen molar-refractivity contribution in [3.8, 4) is 5.75 Å². The lowest BCUT2D eigenvalue weighted by Crippen LogP contribution is -2.38. The third kappa shape index (κ3) is 5.06. The molecule has 21 heavy (non-hydrogen) atoms. The number of hydrogen-bond donors (Lipinski definition) is 2. The highest BCUT2D eigenvalue weighted by Gasteiger charge is 2.15. The predicted octanol–water partition coefficient (Wildman–Crippen LogP) is 3.06. The second-order valence-corrected chi connectivity index (χ2v) is 5.42. The van der Waals surface area contributed by atoms with Crippen LogP contribution in [0.15, 0.2) is 12.1 Å². The molecule has 1 unspecified atom stereocenters. The molecule has 0 fully saturated rings. The van der Waals surface area contributed by atoms with Crippen molar-refractivity contribution in [2.24, 2.45) is 0 Å². The van der Waals surface area contributed by atoms with E-state index < -0.39 is 0 Å². The number of hydrogen-bond acceptors (Lipinski definition) is 4. The average Bonchev–Trinajstić information content (AvgIpc) is 2.50. The normalized spacial score (nSPS) is 12.3. The van der Waals surface area contributed by atoms with Gasteiger partial charge in [0.25, 0.3) is 0 Å². The second kappa shape index (κ2) is 9.13. The number of ether oxygens (including phenoxy) is 1. The summed E-state index contributed by atoms with van der Waals surface area (Å²) in [6.07, 6.45) is 1.37. The summed E-state index contributed by atoms with van der Waals surface area (Å²) in [6.45, 7) is 8.22. The number of aliphatic hydroxyl groups is 1. The van der Waals surface area contributed by atoms with E-state index >= 15 is 0 Å². The molecule has 0 heterocycles. The topological polar surface area (TPSA) is 44.7 Å². The molecule has 0 aliphatic carbocycles. The summed E-state index contributed by atoms with van der Waals surface area (Å²) in [5.74, 6) is 0.702. The molecule has 0 aromatic heterocycles. The number of nitrogens with one attached hydrogen (secondary N) is 1. The molecule has 0 amide bonds. The van der Waals surface area contributed by atoms with E-state index in [-0.39, 0.29) is 6.10 Å². The Morgan fingerprint density at radius 3 is 2.57 bits per heavy atom. The molecule has 0 aliphatic rings. The summed E-state index contributed by atoms with van der Waals surface area (Å²) in [6, 6.07) is 4.07. The molecule has 2 N–H and O–H groups in total. The van der Waals surface area contributed by atoms with Gasteiger partial charge in [0, 0.05) is 13.1 Å². The molecule has 1 aromatic carbocycles. The molecule has 0 radical (unpaired) electrons. The Bertz CT molecular complexity index is 441. The molecular formula is C16H27ClN2O2. The molecule has 4 nitrogen and oxygen atoms in total. The first-order valence-corrected chi connectivity index (χ1v) is 7.95. The van der Waals surface area contributed by atoms with E-state index in [2.05, 4.69) is 30.1 Å². The number of aryl methyl sites for hydroxylation is 1. The molecule has 0 bridgehead atoms. The number of aliphatic hydroxyl groups excluding tert-OH is 1. The molecule has 5 heteroatoms. The van der Waals surface area contributed by atoms with Crippen LogP contribution in [0.4, 0.5) is 5.69 Å². The van der Waals surface area contributed by atoms with E-state index in [9.17, 15) is 5.11 Å².